The second-order valence-corrected chi connectivity index (χ2v) is 5.99. The van der Waals surface area contributed by atoms with Crippen molar-refractivity contribution in [2.45, 2.75) is 57.7 Å². The van der Waals surface area contributed by atoms with Crippen LogP contribution in [-0.2, 0) is 11.3 Å². The molecule has 1 aromatic carbocycles. The molecule has 104 valence electrons. The molecule has 2 aliphatic rings. The van der Waals surface area contributed by atoms with Crippen LogP contribution < -0.4 is 5.32 Å². The SMILES string of the molecule is CCC1CCCCC1NC1COCc2ccccc21. The first-order chi connectivity index (χ1) is 9.38. The summed E-state index contributed by atoms with van der Waals surface area (Å²) in [5.41, 5.74) is 2.81. The van der Waals surface area contributed by atoms with Gasteiger partial charge in [0.2, 0.25) is 0 Å². The van der Waals surface area contributed by atoms with E-state index in [4.69, 9.17) is 4.74 Å². The molecule has 1 saturated carbocycles. The maximum atomic E-state index is 5.76. The molecule has 1 heterocycles. The first kappa shape index (κ1) is 13.1. The standard InChI is InChI=1S/C17H25NO/c1-2-13-7-4-6-10-16(13)18-17-12-19-11-14-8-3-5-9-15(14)17/h3,5,8-9,13,16-18H,2,4,6-7,10-12H2,1H3. The van der Waals surface area contributed by atoms with Gasteiger partial charge in [-0.1, -0.05) is 50.5 Å². The molecule has 0 aromatic heterocycles. The summed E-state index contributed by atoms with van der Waals surface area (Å²) in [5, 5.41) is 3.89. The average Bonchev–Trinajstić information content (AvgIpc) is 2.48. The van der Waals surface area contributed by atoms with Gasteiger partial charge in [-0.15, -0.1) is 0 Å². The number of hydrogen-bond donors (Lipinski definition) is 1. The second kappa shape index (κ2) is 6.06. The fourth-order valence-corrected chi connectivity index (χ4v) is 3.69. The van der Waals surface area contributed by atoms with Gasteiger partial charge in [-0.2, -0.15) is 0 Å². The molecule has 1 fully saturated rings. The molecule has 0 bridgehead atoms. The summed E-state index contributed by atoms with van der Waals surface area (Å²) in [6.45, 7) is 3.93. The van der Waals surface area contributed by atoms with E-state index in [-0.39, 0.29) is 0 Å². The van der Waals surface area contributed by atoms with Gasteiger partial charge in [-0.3, -0.25) is 0 Å². The van der Waals surface area contributed by atoms with Crippen LogP contribution in [0.1, 0.15) is 56.2 Å². The van der Waals surface area contributed by atoms with Crippen molar-refractivity contribution in [1.29, 1.82) is 0 Å². The monoisotopic (exact) mass is 259 g/mol. The number of nitrogens with one attached hydrogen (secondary N) is 1. The van der Waals surface area contributed by atoms with Gasteiger partial charge >= 0.3 is 0 Å². The van der Waals surface area contributed by atoms with E-state index in [0.29, 0.717) is 12.1 Å². The van der Waals surface area contributed by atoms with E-state index in [0.717, 1.165) is 19.1 Å². The van der Waals surface area contributed by atoms with Gasteiger partial charge in [0.05, 0.1) is 19.3 Å². The van der Waals surface area contributed by atoms with Crippen molar-refractivity contribution in [3.8, 4) is 0 Å². The molecule has 19 heavy (non-hydrogen) atoms. The van der Waals surface area contributed by atoms with Gasteiger partial charge in [-0.25, -0.2) is 0 Å². The average molecular weight is 259 g/mol. The summed E-state index contributed by atoms with van der Waals surface area (Å²) in [6, 6.07) is 9.79. The van der Waals surface area contributed by atoms with Crippen LogP contribution in [0.2, 0.25) is 0 Å². The smallest absolute Gasteiger partial charge is 0.0721 e. The van der Waals surface area contributed by atoms with E-state index in [1.165, 1.54) is 43.2 Å². The highest BCUT2D eigenvalue weighted by Crippen LogP contribution is 2.31. The Labute approximate surface area is 116 Å². The first-order valence-corrected chi connectivity index (χ1v) is 7.80. The number of benzene rings is 1. The molecule has 1 aliphatic heterocycles. The summed E-state index contributed by atoms with van der Waals surface area (Å²) in [7, 11) is 0. The lowest BCUT2D eigenvalue weighted by Crippen LogP contribution is -2.43. The van der Waals surface area contributed by atoms with Crippen LogP contribution in [0.3, 0.4) is 0 Å². The number of rotatable bonds is 3. The van der Waals surface area contributed by atoms with E-state index in [9.17, 15) is 0 Å². The summed E-state index contributed by atoms with van der Waals surface area (Å²) in [4.78, 5) is 0. The lowest BCUT2D eigenvalue weighted by Gasteiger charge is -2.36. The Kier molecular flexibility index (Phi) is 4.19. The van der Waals surface area contributed by atoms with Crippen molar-refractivity contribution in [2.75, 3.05) is 6.61 Å². The normalized spacial score (nSPS) is 30.9. The minimum atomic E-state index is 0.391. The lowest BCUT2D eigenvalue weighted by atomic mass is 9.82. The Balaban J connectivity index is 1.73. The van der Waals surface area contributed by atoms with E-state index < -0.39 is 0 Å². The molecule has 3 rings (SSSR count). The molecule has 3 atom stereocenters. The summed E-state index contributed by atoms with van der Waals surface area (Å²) < 4.78 is 5.76. The topological polar surface area (TPSA) is 21.3 Å². The molecule has 2 nitrogen and oxygen atoms in total. The fraction of sp³-hybridized carbons (Fsp3) is 0.647. The van der Waals surface area contributed by atoms with Gasteiger partial charge in [-0.05, 0) is 29.9 Å². The molecule has 1 aromatic rings. The molecule has 0 saturated heterocycles. The van der Waals surface area contributed by atoms with E-state index in [1.54, 1.807) is 0 Å². The Hall–Kier alpha value is -0.860. The highest BCUT2D eigenvalue weighted by atomic mass is 16.5. The number of hydrogen-bond acceptors (Lipinski definition) is 2. The van der Waals surface area contributed by atoms with Crippen molar-refractivity contribution in [3.63, 3.8) is 0 Å². The molecule has 0 radical (unpaired) electrons. The van der Waals surface area contributed by atoms with Gasteiger partial charge in [0.25, 0.3) is 0 Å². The van der Waals surface area contributed by atoms with Crippen molar-refractivity contribution in [3.05, 3.63) is 35.4 Å². The lowest BCUT2D eigenvalue weighted by molar-refractivity contribution is 0.0716. The van der Waals surface area contributed by atoms with Crippen LogP contribution in [0.15, 0.2) is 24.3 Å². The maximum absolute atomic E-state index is 5.76. The predicted molar refractivity (Wildman–Crippen MR) is 78.0 cm³/mol. The highest BCUT2D eigenvalue weighted by Gasteiger charge is 2.28. The third-order valence-corrected chi connectivity index (χ3v) is 4.82. The first-order valence-electron chi connectivity index (χ1n) is 7.80. The second-order valence-electron chi connectivity index (χ2n) is 5.99. The largest absolute Gasteiger partial charge is 0.375 e. The van der Waals surface area contributed by atoms with E-state index >= 15 is 0 Å². The maximum Gasteiger partial charge on any atom is 0.0721 e. The molecule has 3 unspecified atom stereocenters. The van der Waals surface area contributed by atoms with Crippen LogP contribution in [-0.4, -0.2) is 12.6 Å². The summed E-state index contributed by atoms with van der Waals surface area (Å²) >= 11 is 0. The Bertz CT molecular complexity index is 417. The zero-order valence-electron chi connectivity index (χ0n) is 11.9. The van der Waals surface area contributed by atoms with Crippen LogP contribution in [0.5, 0.6) is 0 Å². The number of ether oxygens (including phenoxy) is 1. The van der Waals surface area contributed by atoms with Crippen molar-refractivity contribution in [2.24, 2.45) is 5.92 Å². The third-order valence-electron chi connectivity index (χ3n) is 4.82. The highest BCUT2D eigenvalue weighted by molar-refractivity contribution is 5.31. The van der Waals surface area contributed by atoms with Crippen molar-refractivity contribution < 1.29 is 4.74 Å². The van der Waals surface area contributed by atoms with Gasteiger partial charge in [0.15, 0.2) is 0 Å². The quantitative estimate of drug-likeness (QED) is 0.891. The zero-order chi connectivity index (χ0) is 13.1. The van der Waals surface area contributed by atoms with Crippen molar-refractivity contribution >= 4 is 0 Å². The summed E-state index contributed by atoms with van der Waals surface area (Å²) in [6.07, 6.45) is 6.81. The van der Waals surface area contributed by atoms with E-state index in [2.05, 4.69) is 36.5 Å². The third kappa shape index (κ3) is 2.85. The van der Waals surface area contributed by atoms with Crippen LogP contribution >= 0.6 is 0 Å². The zero-order valence-corrected chi connectivity index (χ0v) is 11.9. The minimum Gasteiger partial charge on any atom is -0.375 e. The van der Waals surface area contributed by atoms with Gasteiger partial charge in [0.1, 0.15) is 0 Å². The van der Waals surface area contributed by atoms with Gasteiger partial charge in [0, 0.05) is 6.04 Å². The predicted octanol–water partition coefficient (Wildman–Crippen LogP) is 3.82. The fourth-order valence-electron chi connectivity index (χ4n) is 3.69. The minimum absolute atomic E-state index is 0.391. The summed E-state index contributed by atoms with van der Waals surface area (Å²) in [5.74, 6) is 0.850. The molecule has 0 spiro atoms. The van der Waals surface area contributed by atoms with Crippen LogP contribution in [0.25, 0.3) is 0 Å². The molecular weight excluding hydrogens is 234 g/mol. The molecule has 1 aliphatic carbocycles. The van der Waals surface area contributed by atoms with Crippen LogP contribution in [0, 0.1) is 5.92 Å². The molecular formula is C17H25NO. The van der Waals surface area contributed by atoms with Gasteiger partial charge < -0.3 is 10.1 Å². The Morgan fingerprint density at radius 1 is 1.21 bits per heavy atom. The molecule has 0 amide bonds. The number of fused-ring (bicyclic) bond motifs is 1. The van der Waals surface area contributed by atoms with E-state index in [1.807, 2.05) is 0 Å². The van der Waals surface area contributed by atoms with Crippen LogP contribution in [0.4, 0.5) is 0 Å². The molecule has 1 N–H and O–H groups in total. The van der Waals surface area contributed by atoms with Crippen molar-refractivity contribution in [1.82, 2.24) is 5.32 Å². The molecule has 2 heteroatoms. The Morgan fingerprint density at radius 2 is 2.05 bits per heavy atom. The Morgan fingerprint density at radius 3 is 2.95 bits per heavy atom.